The number of hydrogen-bond acceptors (Lipinski definition) is 6. The zero-order valence-corrected chi connectivity index (χ0v) is 22.4. The maximum absolute atomic E-state index is 14.0. The largest absolute Gasteiger partial charge is 0.469 e. The van der Waals surface area contributed by atoms with E-state index in [9.17, 15) is 14.4 Å². The predicted molar refractivity (Wildman–Crippen MR) is 144 cm³/mol. The van der Waals surface area contributed by atoms with Gasteiger partial charge in [0, 0.05) is 6.42 Å². The molecule has 3 aromatic rings. The number of ether oxygens (including phenoxy) is 2. The smallest absolute Gasteiger partial charge is 0.408 e. The molecule has 1 aromatic heterocycles. The van der Waals surface area contributed by atoms with Crippen LogP contribution < -0.4 is 10.9 Å². The van der Waals surface area contributed by atoms with E-state index >= 15 is 0 Å². The SMILES string of the molecule is CCC(NC(=O)OC(C)(C)C)c1nc2cccc(CCCCCC(=O)OC)c2c(=O)n1-c1ccccc1. The van der Waals surface area contributed by atoms with Crippen molar-refractivity contribution in [3.05, 3.63) is 70.3 Å². The van der Waals surface area contributed by atoms with Gasteiger partial charge in [0.1, 0.15) is 11.4 Å². The van der Waals surface area contributed by atoms with E-state index in [1.807, 2.05) is 55.5 Å². The molecule has 8 nitrogen and oxygen atoms in total. The van der Waals surface area contributed by atoms with Gasteiger partial charge < -0.3 is 14.8 Å². The molecule has 2 aromatic carbocycles. The van der Waals surface area contributed by atoms with Crippen molar-refractivity contribution in [3.8, 4) is 5.69 Å². The molecule has 37 heavy (non-hydrogen) atoms. The van der Waals surface area contributed by atoms with Crippen molar-refractivity contribution < 1.29 is 19.1 Å². The van der Waals surface area contributed by atoms with E-state index < -0.39 is 17.7 Å². The molecule has 3 rings (SSSR count). The van der Waals surface area contributed by atoms with Gasteiger partial charge in [-0.3, -0.25) is 14.2 Å². The molecule has 0 radical (unpaired) electrons. The number of rotatable bonds is 10. The minimum Gasteiger partial charge on any atom is -0.469 e. The van der Waals surface area contributed by atoms with Crippen LogP contribution in [0, 0.1) is 0 Å². The fourth-order valence-corrected chi connectivity index (χ4v) is 4.25. The van der Waals surface area contributed by atoms with E-state index in [1.165, 1.54) is 7.11 Å². The fraction of sp³-hybridized carbons (Fsp3) is 0.448. The molecule has 0 bridgehead atoms. The molecule has 1 atom stereocenters. The summed E-state index contributed by atoms with van der Waals surface area (Å²) in [7, 11) is 1.39. The van der Waals surface area contributed by atoms with Gasteiger partial charge >= 0.3 is 12.1 Å². The van der Waals surface area contributed by atoms with Crippen molar-refractivity contribution in [3.63, 3.8) is 0 Å². The van der Waals surface area contributed by atoms with E-state index in [0.717, 1.165) is 24.8 Å². The maximum Gasteiger partial charge on any atom is 0.408 e. The van der Waals surface area contributed by atoms with Crippen molar-refractivity contribution in [2.24, 2.45) is 0 Å². The van der Waals surface area contributed by atoms with Crippen molar-refractivity contribution >= 4 is 23.0 Å². The number of methoxy groups -OCH3 is 1. The average Bonchev–Trinajstić information content (AvgIpc) is 2.86. The number of hydrogen-bond donors (Lipinski definition) is 1. The molecule has 8 heteroatoms. The number of aromatic nitrogens is 2. The molecule has 0 saturated carbocycles. The molecule has 1 N–H and O–H groups in total. The summed E-state index contributed by atoms with van der Waals surface area (Å²) < 4.78 is 11.8. The molecule has 0 fully saturated rings. The lowest BCUT2D eigenvalue weighted by molar-refractivity contribution is -0.140. The Labute approximate surface area is 218 Å². The molecular weight excluding hydrogens is 470 g/mol. The minimum atomic E-state index is -0.649. The monoisotopic (exact) mass is 507 g/mol. The third-order valence-corrected chi connectivity index (χ3v) is 5.99. The molecular formula is C29H37N3O5. The van der Waals surface area contributed by atoms with Crippen LogP contribution in [0.1, 0.15) is 77.2 Å². The quantitative estimate of drug-likeness (QED) is 0.282. The number of fused-ring (bicyclic) bond motifs is 1. The standard InChI is InChI=1S/C29H37N3O5/c1-6-22(31-28(35)37-29(2,3)4)26-30-23-18-13-15-20(14-9-7-12-19-24(33)36-5)25(23)27(34)32(26)21-16-10-8-11-17-21/h8,10-11,13,15-18,22H,6-7,9,12,14,19H2,1-5H3,(H,31,35). The van der Waals surface area contributed by atoms with Crippen molar-refractivity contribution in [2.45, 2.75) is 77.9 Å². The zero-order chi connectivity index (χ0) is 27.0. The Morgan fingerprint density at radius 2 is 1.76 bits per heavy atom. The van der Waals surface area contributed by atoms with Crippen LogP contribution in [0.2, 0.25) is 0 Å². The third kappa shape index (κ3) is 7.41. The third-order valence-electron chi connectivity index (χ3n) is 5.99. The Kier molecular flexibility index (Phi) is 9.44. The normalized spacial score (nSPS) is 12.2. The number of amides is 1. The first-order chi connectivity index (χ1) is 17.6. The fourth-order valence-electron chi connectivity index (χ4n) is 4.25. The summed E-state index contributed by atoms with van der Waals surface area (Å²) in [6, 6.07) is 14.5. The second-order valence-corrected chi connectivity index (χ2v) is 10.0. The summed E-state index contributed by atoms with van der Waals surface area (Å²) in [5.41, 5.74) is 1.35. The topological polar surface area (TPSA) is 99.5 Å². The molecule has 198 valence electrons. The van der Waals surface area contributed by atoms with Crippen molar-refractivity contribution in [1.29, 1.82) is 0 Å². The molecule has 1 unspecified atom stereocenters. The molecule has 0 saturated heterocycles. The van der Waals surface area contributed by atoms with Crippen LogP contribution in [-0.4, -0.2) is 34.3 Å². The second-order valence-electron chi connectivity index (χ2n) is 10.0. The predicted octanol–water partition coefficient (Wildman–Crippen LogP) is 5.64. The highest BCUT2D eigenvalue weighted by molar-refractivity contribution is 5.82. The van der Waals surface area contributed by atoms with Crippen LogP contribution in [-0.2, 0) is 20.7 Å². The minimum absolute atomic E-state index is 0.180. The van der Waals surface area contributed by atoms with Gasteiger partial charge in [-0.25, -0.2) is 9.78 Å². The number of benzene rings is 2. The van der Waals surface area contributed by atoms with Crippen molar-refractivity contribution in [1.82, 2.24) is 14.9 Å². The first kappa shape index (κ1) is 27.9. The molecule has 0 aliphatic rings. The van der Waals surface area contributed by atoms with Crippen LogP contribution in [0.25, 0.3) is 16.6 Å². The summed E-state index contributed by atoms with van der Waals surface area (Å²) in [5, 5.41) is 3.46. The number of para-hydroxylation sites is 1. The Balaban J connectivity index is 2.02. The number of aryl methyl sites for hydroxylation is 1. The van der Waals surface area contributed by atoms with Gasteiger partial charge in [-0.1, -0.05) is 43.7 Å². The number of carbonyl (C=O) groups excluding carboxylic acids is 2. The summed E-state index contributed by atoms with van der Waals surface area (Å²) in [6.45, 7) is 7.34. The molecule has 1 amide bonds. The summed E-state index contributed by atoms with van der Waals surface area (Å²) in [5.74, 6) is 0.241. The first-order valence-corrected chi connectivity index (χ1v) is 12.8. The van der Waals surface area contributed by atoms with Gasteiger partial charge in [0.05, 0.1) is 29.7 Å². The lowest BCUT2D eigenvalue weighted by atomic mass is 10.0. The highest BCUT2D eigenvalue weighted by Crippen LogP contribution is 2.23. The number of alkyl carbamates (subject to hydrolysis) is 1. The lowest BCUT2D eigenvalue weighted by Gasteiger charge is -2.25. The average molecular weight is 508 g/mol. The summed E-state index contributed by atoms with van der Waals surface area (Å²) in [4.78, 5) is 42.9. The number of carbonyl (C=O) groups is 2. The number of nitrogens with one attached hydrogen (secondary N) is 1. The van der Waals surface area contributed by atoms with Crippen molar-refractivity contribution in [2.75, 3.05) is 7.11 Å². The molecule has 0 aliphatic heterocycles. The molecule has 0 spiro atoms. The van der Waals surface area contributed by atoms with E-state index in [-0.39, 0.29) is 11.5 Å². The number of nitrogens with zero attached hydrogens (tertiary/aromatic N) is 2. The highest BCUT2D eigenvalue weighted by atomic mass is 16.6. The summed E-state index contributed by atoms with van der Waals surface area (Å²) in [6.07, 6.45) is 3.46. The van der Waals surface area contributed by atoms with Crippen LogP contribution in [0.3, 0.4) is 0 Å². The Morgan fingerprint density at radius 1 is 1.03 bits per heavy atom. The zero-order valence-electron chi connectivity index (χ0n) is 22.4. The highest BCUT2D eigenvalue weighted by Gasteiger charge is 2.25. The van der Waals surface area contributed by atoms with Gasteiger partial charge in [0.2, 0.25) is 0 Å². The Bertz CT molecular complexity index is 1280. The van der Waals surface area contributed by atoms with Crippen LogP contribution in [0.5, 0.6) is 0 Å². The Hall–Kier alpha value is -3.68. The van der Waals surface area contributed by atoms with Gasteiger partial charge in [-0.2, -0.15) is 0 Å². The number of unbranched alkanes of at least 4 members (excludes halogenated alkanes) is 2. The second kappa shape index (κ2) is 12.5. The van der Waals surface area contributed by atoms with E-state index in [1.54, 1.807) is 25.3 Å². The van der Waals surface area contributed by atoms with E-state index in [0.29, 0.717) is 41.7 Å². The molecule has 1 heterocycles. The van der Waals surface area contributed by atoms with Crippen LogP contribution >= 0.6 is 0 Å². The first-order valence-electron chi connectivity index (χ1n) is 12.8. The number of esters is 1. The summed E-state index contributed by atoms with van der Waals surface area (Å²) >= 11 is 0. The maximum atomic E-state index is 14.0. The van der Waals surface area contributed by atoms with Gasteiger partial charge in [-0.15, -0.1) is 0 Å². The lowest BCUT2D eigenvalue weighted by Crippen LogP contribution is -2.37. The van der Waals surface area contributed by atoms with E-state index in [4.69, 9.17) is 14.5 Å². The van der Waals surface area contributed by atoms with Gasteiger partial charge in [0.15, 0.2) is 0 Å². The van der Waals surface area contributed by atoms with Crippen LogP contribution in [0.4, 0.5) is 4.79 Å². The molecule has 0 aliphatic carbocycles. The van der Waals surface area contributed by atoms with Crippen LogP contribution in [0.15, 0.2) is 53.3 Å². The Morgan fingerprint density at radius 3 is 2.41 bits per heavy atom. The van der Waals surface area contributed by atoms with Gasteiger partial charge in [-0.05, 0) is 70.2 Å². The van der Waals surface area contributed by atoms with E-state index in [2.05, 4.69) is 5.32 Å². The van der Waals surface area contributed by atoms with Gasteiger partial charge in [0.25, 0.3) is 5.56 Å².